The van der Waals surface area contributed by atoms with Crippen molar-refractivity contribution in [2.45, 2.75) is 51.8 Å². The van der Waals surface area contributed by atoms with Crippen LogP contribution in [0.3, 0.4) is 0 Å². The van der Waals surface area contributed by atoms with Gasteiger partial charge < -0.3 is 19.6 Å². The molecule has 2 aromatic rings. The Morgan fingerprint density at radius 3 is 3.00 bits per heavy atom. The summed E-state index contributed by atoms with van der Waals surface area (Å²) >= 11 is 5.43. The molecule has 1 fully saturated rings. The average Bonchev–Trinajstić information content (AvgIpc) is 3.27. The van der Waals surface area contributed by atoms with E-state index in [2.05, 4.69) is 25.9 Å². The molecule has 2 heterocycles. The maximum Gasteiger partial charge on any atom is 0.130 e. The molecule has 7 heteroatoms. The Kier molecular flexibility index (Phi) is 4.64. The molecule has 2 N–H and O–H groups in total. The van der Waals surface area contributed by atoms with Crippen LogP contribution in [0.2, 0.25) is 0 Å². The van der Waals surface area contributed by atoms with Gasteiger partial charge in [-0.05, 0) is 33.1 Å². The van der Waals surface area contributed by atoms with E-state index >= 15 is 0 Å². The van der Waals surface area contributed by atoms with E-state index in [4.69, 9.17) is 17.0 Å². The van der Waals surface area contributed by atoms with Gasteiger partial charge in [-0.15, -0.1) is 0 Å². The van der Waals surface area contributed by atoms with Crippen molar-refractivity contribution in [1.82, 2.24) is 14.5 Å². The molecule has 0 bridgehead atoms. The van der Waals surface area contributed by atoms with Crippen LogP contribution in [0.4, 0.5) is 5.82 Å². The van der Waals surface area contributed by atoms with E-state index in [-0.39, 0.29) is 6.10 Å². The number of hydrogen-bond donors (Lipinski definition) is 2. The molecule has 2 aromatic heterocycles. The number of hydrogen-bond acceptors (Lipinski definition) is 5. The average molecular weight is 331 g/mol. The fourth-order valence-electron chi connectivity index (χ4n) is 2.63. The summed E-state index contributed by atoms with van der Waals surface area (Å²) in [6.45, 7) is 5.47. The van der Waals surface area contributed by atoms with Crippen molar-refractivity contribution in [2.75, 3.05) is 11.9 Å². The fourth-order valence-corrected chi connectivity index (χ4v) is 2.89. The molecule has 1 aliphatic carbocycles. The zero-order valence-corrected chi connectivity index (χ0v) is 14.2. The highest BCUT2D eigenvalue weighted by molar-refractivity contribution is 7.71. The molecular formula is C16H21N5OS. The van der Waals surface area contributed by atoms with E-state index in [0.717, 1.165) is 37.1 Å². The highest BCUT2D eigenvalue weighted by atomic mass is 32.1. The quantitative estimate of drug-likeness (QED) is 0.601. The van der Waals surface area contributed by atoms with Gasteiger partial charge in [0, 0.05) is 19.2 Å². The van der Waals surface area contributed by atoms with Crippen LogP contribution in [0.25, 0.3) is 11.0 Å². The van der Waals surface area contributed by atoms with Crippen LogP contribution in [-0.2, 0) is 11.3 Å². The Morgan fingerprint density at radius 2 is 2.35 bits per heavy atom. The molecule has 6 nitrogen and oxygen atoms in total. The second-order valence-electron chi connectivity index (χ2n) is 6.11. The highest BCUT2D eigenvalue weighted by Gasteiger charge is 2.26. The van der Waals surface area contributed by atoms with Crippen LogP contribution in [0.5, 0.6) is 0 Å². The van der Waals surface area contributed by atoms with Crippen molar-refractivity contribution in [3.63, 3.8) is 0 Å². The van der Waals surface area contributed by atoms with Gasteiger partial charge in [0.25, 0.3) is 0 Å². The van der Waals surface area contributed by atoms with Crippen LogP contribution in [0.1, 0.15) is 38.7 Å². The van der Waals surface area contributed by atoms with Gasteiger partial charge in [0.1, 0.15) is 33.1 Å². The molecule has 0 radical (unpaired) electrons. The standard InChI is InChI=1S/C16H21N5OS/c1-10(2)22-7-3-6-21-14-13(18-9-19-16(14)23)12(8-17)15(21)20-11-4-5-11/h9-11,20H,3-7H2,1-2H3,(H,18,19,23). The van der Waals surface area contributed by atoms with Crippen LogP contribution in [0, 0.1) is 16.0 Å². The molecule has 1 saturated carbocycles. The predicted molar refractivity (Wildman–Crippen MR) is 92.0 cm³/mol. The summed E-state index contributed by atoms with van der Waals surface area (Å²) in [5, 5.41) is 13.1. The van der Waals surface area contributed by atoms with Gasteiger partial charge >= 0.3 is 0 Å². The van der Waals surface area contributed by atoms with Gasteiger partial charge in [0.05, 0.1) is 12.4 Å². The molecule has 1 aliphatic rings. The van der Waals surface area contributed by atoms with Crippen molar-refractivity contribution in [3.8, 4) is 6.07 Å². The van der Waals surface area contributed by atoms with Crippen LogP contribution in [0.15, 0.2) is 6.33 Å². The third kappa shape index (κ3) is 3.38. The number of aromatic nitrogens is 3. The summed E-state index contributed by atoms with van der Waals surface area (Å²) in [6, 6.07) is 2.74. The molecule has 0 unspecified atom stereocenters. The Labute approximate surface area is 140 Å². The lowest BCUT2D eigenvalue weighted by molar-refractivity contribution is 0.0751. The van der Waals surface area contributed by atoms with Crippen LogP contribution >= 0.6 is 12.2 Å². The minimum absolute atomic E-state index is 0.222. The second-order valence-corrected chi connectivity index (χ2v) is 6.52. The molecule has 0 atom stereocenters. The van der Waals surface area contributed by atoms with E-state index in [9.17, 15) is 5.26 Å². The number of ether oxygens (including phenoxy) is 1. The Morgan fingerprint density at radius 1 is 1.57 bits per heavy atom. The molecule has 0 saturated heterocycles. The SMILES string of the molecule is CC(C)OCCCn1c(NC2CC2)c(C#N)c2nc[nH]c(=S)c21. The summed E-state index contributed by atoms with van der Waals surface area (Å²) in [4.78, 5) is 7.31. The lowest BCUT2D eigenvalue weighted by Gasteiger charge is -2.13. The number of nitrogens with zero attached hydrogens (tertiary/aromatic N) is 3. The fraction of sp³-hybridized carbons (Fsp3) is 0.562. The third-order valence-electron chi connectivity index (χ3n) is 3.85. The molecule has 0 aliphatic heterocycles. The van der Waals surface area contributed by atoms with E-state index in [1.807, 2.05) is 13.8 Å². The molecule has 0 amide bonds. The van der Waals surface area contributed by atoms with Crippen LogP contribution in [-0.4, -0.2) is 33.3 Å². The maximum atomic E-state index is 9.59. The first-order chi connectivity index (χ1) is 11.1. The van der Waals surface area contributed by atoms with E-state index < -0.39 is 0 Å². The van der Waals surface area contributed by atoms with E-state index in [1.165, 1.54) is 0 Å². The minimum Gasteiger partial charge on any atom is -0.379 e. The van der Waals surface area contributed by atoms with Crippen molar-refractivity contribution >= 4 is 29.1 Å². The Balaban J connectivity index is 1.98. The molecule has 0 aromatic carbocycles. The predicted octanol–water partition coefficient (Wildman–Crippen LogP) is 3.35. The molecular weight excluding hydrogens is 310 g/mol. The van der Waals surface area contributed by atoms with Crippen molar-refractivity contribution in [2.24, 2.45) is 0 Å². The van der Waals surface area contributed by atoms with Gasteiger partial charge in [0.2, 0.25) is 0 Å². The molecule has 23 heavy (non-hydrogen) atoms. The number of rotatable bonds is 7. The number of H-pyrrole nitrogens is 1. The highest BCUT2D eigenvalue weighted by Crippen LogP contribution is 2.33. The van der Waals surface area contributed by atoms with Gasteiger partial charge in [-0.2, -0.15) is 5.26 Å². The number of fused-ring (bicyclic) bond motifs is 1. The summed E-state index contributed by atoms with van der Waals surface area (Å²) in [5.41, 5.74) is 2.08. The summed E-state index contributed by atoms with van der Waals surface area (Å²) in [6.07, 6.45) is 4.92. The molecule has 122 valence electrons. The second kappa shape index (κ2) is 6.69. The number of aromatic amines is 1. The molecule has 3 rings (SSSR count). The van der Waals surface area contributed by atoms with Crippen LogP contribution < -0.4 is 5.32 Å². The summed E-state index contributed by atoms with van der Waals surface area (Å²) < 4.78 is 8.32. The number of nitrogens with one attached hydrogen (secondary N) is 2. The lowest BCUT2D eigenvalue weighted by atomic mass is 10.3. The summed E-state index contributed by atoms with van der Waals surface area (Å²) in [5.74, 6) is 0.841. The number of aryl methyl sites for hydroxylation is 1. The van der Waals surface area contributed by atoms with E-state index in [1.54, 1.807) is 6.33 Å². The summed E-state index contributed by atoms with van der Waals surface area (Å²) in [7, 11) is 0. The van der Waals surface area contributed by atoms with Crippen molar-refractivity contribution in [3.05, 3.63) is 16.5 Å². The Bertz CT molecular complexity index is 797. The largest absolute Gasteiger partial charge is 0.379 e. The first kappa shape index (κ1) is 16.0. The minimum atomic E-state index is 0.222. The number of nitriles is 1. The van der Waals surface area contributed by atoms with Gasteiger partial charge in [-0.3, -0.25) is 0 Å². The first-order valence-corrected chi connectivity index (χ1v) is 8.40. The third-order valence-corrected chi connectivity index (χ3v) is 4.16. The van der Waals surface area contributed by atoms with Gasteiger partial charge in [-0.25, -0.2) is 4.98 Å². The molecule has 0 spiro atoms. The normalized spacial score (nSPS) is 14.3. The van der Waals surface area contributed by atoms with Gasteiger partial charge in [0.15, 0.2) is 0 Å². The van der Waals surface area contributed by atoms with E-state index in [0.29, 0.717) is 28.4 Å². The first-order valence-electron chi connectivity index (χ1n) is 8.00. The Hall–Kier alpha value is -1.91. The number of anilines is 1. The van der Waals surface area contributed by atoms with Crippen molar-refractivity contribution in [1.29, 1.82) is 5.26 Å². The smallest absolute Gasteiger partial charge is 0.130 e. The monoisotopic (exact) mass is 331 g/mol. The lowest BCUT2D eigenvalue weighted by Crippen LogP contribution is -2.12. The van der Waals surface area contributed by atoms with Gasteiger partial charge in [-0.1, -0.05) is 12.2 Å². The maximum absolute atomic E-state index is 9.59. The topological polar surface area (TPSA) is 78.7 Å². The zero-order chi connectivity index (χ0) is 16.4. The zero-order valence-electron chi connectivity index (χ0n) is 13.4. The van der Waals surface area contributed by atoms with Crippen molar-refractivity contribution < 1.29 is 4.74 Å².